The summed E-state index contributed by atoms with van der Waals surface area (Å²) in [7, 11) is 0. The molecule has 0 radical (unpaired) electrons. The molecule has 0 saturated carbocycles. The van der Waals surface area contributed by atoms with Crippen LogP contribution in [0, 0.1) is 6.92 Å². The molecule has 1 unspecified atom stereocenters. The lowest BCUT2D eigenvalue weighted by atomic mass is 10.1. The van der Waals surface area contributed by atoms with Crippen LogP contribution in [-0.4, -0.2) is 38.5 Å². The van der Waals surface area contributed by atoms with Gasteiger partial charge in [0.05, 0.1) is 0 Å². The summed E-state index contributed by atoms with van der Waals surface area (Å²) in [5, 5.41) is 4.40. The molecular formula is C14H20N6S. The molecule has 7 heteroatoms. The molecular weight excluding hydrogens is 284 g/mol. The monoisotopic (exact) mass is 304 g/mol. The van der Waals surface area contributed by atoms with E-state index in [-0.39, 0.29) is 0 Å². The molecule has 2 aromatic rings. The van der Waals surface area contributed by atoms with E-state index in [1.165, 1.54) is 11.5 Å². The smallest absolute Gasteiger partial charge is 0.202 e. The Balaban J connectivity index is 1.67. The third-order valence-corrected chi connectivity index (χ3v) is 4.41. The SMILES string of the molecule is CCc1cc(N2CCCC(Nc3nc(C)ns3)C2)ncn1. The van der Waals surface area contributed by atoms with Gasteiger partial charge in [-0.2, -0.15) is 4.37 Å². The fraction of sp³-hybridized carbons (Fsp3) is 0.571. The maximum Gasteiger partial charge on any atom is 0.202 e. The van der Waals surface area contributed by atoms with E-state index >= 15 is 0 Å². The highest BCUT2D eigenvalue weighted by Crippen LogP contribution is 2.21. The Morgan fingerprint density at radius 2 is 2.33 bits per heavy atom. The largest absolute Gasteiger partial charge is 0.356 e. The van der Waals surface area contributed by atoms with Crippen molar-refractivity contribution in [3.63, 3.8) is 0 Å². The summed E-state index contributed by atoms with van der Waals surface area (Å²) in [6, 6.07) is 2.49. The van der Waals surface area contributed by atoms with Crippen molar-refractivity contribution in [2.75, 3.05) is 23.3 Å². The lowest BCUT2D eigenvalue weighted by Gasteiger charge is -2.33. The van der Waals surface area contributed by atoms with Crippen LogP contribution in [0.15, 0.2) is 12.4 Å². The van der Waals surface area contributed by atoms with Gasteiger partial charge in [-0.3, -0.25) is 0 Å². The Morgan fingerprint density at radius 1 is 1.43 bits per heavy atom. The first-order chi connectivity index (χ1) is 10.2. The van der Waals surface area contributed by atoms with Gasteiger partial charge in [0.1, 0.15) is 18.0 Å². The molecule has 0 amide bonds. The third-order valence-electron chi connectivity index (χ3n) is 3.67. The van der Waals surface area contributed by atoms with Gasteiger partial charge in [0.15, 0.2) is 0 Å². The number of hydrogen-bond donors (Lipinski definition) is 1. The predicted molar refractivity (Wildman–Crippen MR) is 84.9 cm³/mol. The number of anilines is 2. The molecule has 3 rings (SSSR count). The van der Waals surface area contributed by atoms with Gasteiger partial charge in [-0.25, -0.2) is 15.0 Å². The number of nitrogens with one attached hydrogen (secondary N) is 1. The average Bonchev–Trinajstić information content (AvgIpc) is 2.93. The van der Waals surface area contributed by atoms with E-state index in [4.69, 9.17) is 0 Å². The molecule has 1 atom stereocenters. The summed E-state index contributed by atoms with van der Waals surface area (Å²) in [5.74, 6) is 1.86. The topological polar surface area (TPSA) is 66.8 Å². The van der Waals surface area contributed by atoms with Gasteiger partial charge >= 0.3 is 0 Å². The normalized spacial score (nSPS) is 18.8. The molecule has 112 valence electrons. The van der Waals surface area contributed by atoms with Crippen LogP contribution in [-0.2, 0) is 6.42 Å². The quantitative estimate of drug-likeness (QED) is 0.934. The van der Waals surface area contributed by atoms with Crippen molar-refractivity contribution in [3.8, 4) is 0 Å². The lowest BCUT2D eigenvalue weighted by Crippen LogP contribution is -2.42. The van der Waals surface area contributed by atoms with Crippen LogP contribution in [0.1, 0.15) is 31.3 Å². The summed E-state index contributed by atoms with van der Waals surface area (Å²) in [5.41, 5.74) is 1.09. The van der Waals surface area contributed by atoms with Crippen LogP contribution >= 0.6 is 11.5 Å². The van der Waals surface area contributed by atoms with Crippen molar-refractivity contribution in [2.24, 2.45) is 0 Å². The lowest BCUT2D eigenvalue weighted by molar-refractivity contribution is 0.526. The van der Waals surface area contributed by atoms with Gasteiger partial charge in [0.25, 0.3) is 0 Å². The number of aromatic nitrogens is 4. The first-order valence-corrected chi connectivity index (χ1v) is 8.14. The van der Waals surface area contributed by atoms with Crippen LogP contribution < -0.4 is 10.2 Å². The minimum Gasteiger partial charge on any atom is -0.356 e. The van der Waals surface area contributed by atoms with E-state index in [1.54, 1.807) is 6.33 Å². The second kappa shape index (κ2) is 6.34. The minimum absolute atomic E-state index is 0.395. The molecule has 1 N–H and O–H groups in total. The van der Waals surface area contributed by atoms with Crippen molar-refractivity contribution >= 4 is 22.5 Å². The van der Waals surface area contributed by atoms with Gasteiger partial charge in [-0.05, 0) is 26.2 Å². The standard InChI is InChI=1S/C14H20N6S/c1-3-11-7-13(16-9-15-11)20-6-4-5-12(8-20)18-14-17-10(2)19-21-14/h7,9,12H,3-6,8H2,1-2H3,(H,17,18,19). The van der Waals surface area contributed by atoms with E-state index in [0.29, 0.717) is 6.04 Å². The van der Waals surface area contributed by atoms with Crippen molar-refractivity contribution in [1.29, 1.82) is 0 Å². The zero-order valence-electron chi connectivity index (χ0n) is 12.4. The average molecular weight is 304 g/mol. The Labute approximate surface area is 128 Å². The first kappa shape index (κ1) is 14.2. The number of hydrogen-bond acceptors (Lipinski definition) is 7. The van der Waals surface area contributed by atoms with E-state index in [9.17, 15) is 0 Å². The van der Waals surface area contributed by atoms with E-state index in [0.717, 1.165) is 54.8 Å². The predicted octanol–water partition coefficient (Wildman–Crippen LogP) is 2.28. The van der Waals surface area contributed by atoms with Crippen molar-refractivity contribution in [1.82, 2.24) is 19.3 Å². The van der Waals surface area contributed by atoms with Gasteiger partial charge in [0, 0.05) is 42.4 Å². The van der Waals surface area contributed by atoms with Gasteiger partial charge < -0.3 is 10.2 Å². The molecule has 0 spiro atoms. The highest BCUT2D eigenvalue weighted by Gasteiger charge is 2.22. The number of nitrogens with zero attached hydrogens (tertiary/aromatic N) is 5. The van der Waals surface area contributed by atoms with Crippen molar-refractivity contribution in [2.45, 2.75) is 39.2 Å². The van der Waals surface area contributed by atoms with E-state index < -0.39 is 0 Å². The van der Waals surface area contributed by atoms with Crippen LogP contribution in [0.25, 0.3) is 0 Å². The van der Waals surface area contributed by atoms with Crippen LogP contribution in [0.3, 0.4) is 0 Å². The number of piperidine rings is 1. The summed E-state index contributed by atoms with van der Waals surface area (Å²) in [4.78, 5) is 15.4. The maximum atomic E-state index is 4.42. The Bertz CT molecular complexity index is 599. The molecule has 1 aliphatic rings. The fourth-order valence-electron chi connectivity index (χ4n) is 2.59. The van der Waals surface area contributed by atoms with E-state index in [1.807, 2.05) is 6.92 Å². The Morgan fingerprint density at radius 3 is 3.10 bits per heavy atom. The molecule has 6 nitrogen and oxygen atoms in total. The van der Waals surface area contributed by atoms with Crippen LogP contribution in [0.5, 0.6) is 0 Å². The molecule has 21 heavy (non-hydrogen) atoms. The van der Waals surface area contributed by atoms with Gasteiger partial charge in [-0.15, -0.1) is 0 Å². The van der Waals surface area contributed by atoms with Crippen molar-refractivity contribution < 1.29 is 0 Å². The molecule has 0 aromatic carbocycles. The number of aryl methyl sites for hydroxylation is 2. The molecule has 1 saturated heterocycles. The zero-order valence-corrected chi connectivity index (χ0v) is 13.2. The van der Waals surface area contributed by atoms with Gasteiger partial charge in [-0.1, -0.05) is 6.92 Å². The number of rotatable bonds is 4. The third kappa shape index (κ3) is 3.47. The zero-order chi connectivity index (χ0) is 14.7. The molecule has 3 heterocycles. The summed E-state index contributed by atoms with van der Waals surface area (Å²) in [6.07, 6.45) is 4.91. The molecule has 2 aromatic heterocycles. The van der Waals surface area contributed by atoms with Gasteiger partial charge in [0.2, 0.25) is 5.13 Å². The van der Waals surface area contributed by atoms with Crippen LogP contribution in [0.4, 0.5) is 10.9 Å². The Kier molecular flexibility index (Phi) is 4.28. The second-order valence-corrected chi connectivity index (χ2v) is 6.05. The molecule has 1 aliphatic heterocycles. The molecule has 0 bridgehead atoms. The summed E-state index contributed by atoms with van der Waals surface area (Å²) in [6.45, 7) is 6.03. The van der Waals surface area contributed by atoms with Crippen LogP contribution in [0.2, 0.25) is 0 Å². The molecule has 0 aliphatic carbocycles. The fourth-order valence-corrected chi connectivity index (χ4v) is 3.24. The highest BCUT2D eigenvalue weighted by molar-refractivity contribution is 7.09. The summed E-state index contributed by atoms with van der Waals surface area (Å²) >= 11 is 1.43. The highest BCUT2D eigenvalue weighted by atomic mass is 32.1. The second-order valence-electron chi connectivity index (χ2n) is 5.30. The molecule has 1 fully saturated rings. The Hall–Kier alpha value is -1.76. The van der Waals surface area contributed by atoms with Crippen molar-refractivity contribution in [3.05, 3.63) is 23.9 Å². The first-order valence-electron chi connectivity index (χ1n) is 7.37. The summed E-state index contributed by atoms with van der Waals surface area (Å²) < 4.78 is 4.22. The van der Waals surface area contributed by atoms with E-state index in [2.05, 4.69) is 42.5 Å². The minimum atomic E-state index is 0.395. The maximum absolute atomic E-state index is 4.42.